The van der Waals surface area contributed by atoms with E-state index in [-0.39, 0.29) is 0 Å². The third kappa shape index (κ3) is 3.76. The van der Waals surface area contributed by atoms with E-state index in [9.17, 15) is 0 Å². The lowest BCUT2D eigenvalue weighted by atomic mass is 9.94. The summed E-state index contributed by atoms with van der Waals surface area (Å²) in [5.41, 5.74) is 6.00. The van der Waals surface area contributed by atoms with E-state index in [1.807, 2.05) is 0 Å². The lowest BCUT2D eigenvalue weighted by Crippen LogP contribution is -2.50. The number of unbranched alkanes of at least 4 members (excludes halogenated alkanes) is 1. The molecule has 0 amide bonds. The van der Waals surface area contributed by atoms with Crippen LogP contribution in [0.3, 0.4) is 0 Å². The highest BCUT2D eigenvalue weighted by Crippen LogP contribution is 2.22. The molecule has 1 saturated heterocycles. The molecule has 1 fully saturated rings. The second-order valence-electron chi connectivity index (χ2n) is 5.08. The van der Waals surface area contributed by atoms with Gasteiger partial charge in [0.15, 0.2) is 0 Å². The van der Waals surface area contributed by atoms with Crippen molar-refractivity contribution in [3.05, 3.63) is 0 Å². The van der Waals surface area contributed by atoms with Crippen LogP contribution in [0, 0.1) is 0 Å². The molecule has 1 aliphatic heterocycles. The first-order valence-corrected chi connectivity index (χ1v) is 6.70. The predicted molar refractivity (Wildman–Crippen MR) is 67.0 cm³/mol. The van der Waals surface area contributed by atoms with Gasteiger partial charge in [-0.15, -0.1) is 0 Å². The van der Waals surface area contributed by atoms with Crippen LogP contribution >= 0.6 is 0 Å². The molecule has 0 aromatic heterocycles. The van der Waals surface area contributed by atoms with Gasteiger partial charge in [0.25, 0.3) is 0 Å². The summed E-state index contributed by atoms with van der Waals surface area (Å²) < 4.78 is 0. The Morgan fingerprint density at radius 1 is 1.40 bits per heavy atom. The molecule has 0 saturated carbocycles. The molecule has 0 spiro atoms. The van der Waals surface area contributed by atoms with Gasteiger partial charge in [0.1, 0.15) is 0 Å². The summed E-state index contributed by atoms with van der Waals surface area (Å²) in [6.45, 7) is 8.15. The number of nitrogens with zero attached hydrogens (tertiary/aromatic N) is 1. The van der Waals surface area contributed by atoms with E-state index in [2.05, 4.69) is 25.7 Å². The number of nitrogens with two attached hydrogens (primary N) is 1. The Balaban J connectivity index is 2.44. The number of likely N-dealkylation sites (tertiary alicyclic amines) is 1. The number of piperidine rings is 1. The summed E-state index contributed by atoms with van der Waals surface area (Å²) in [7, 11) is 0. The van der Waals surface area contributed by atoms with Crippen molar-refractivity contribution in [2.75, 3.05) is 6.54 Å². The molecular formula is C13H28N2. The van der Waals surface area contributed by atoms with Crippen molar-refractivity contribution in [1.29, 1.82) is 0 Å². The molecule has 2 heteroatoms. The standard InChI is InChI=1S/C13H28N2/c1-4-6-7-13(5-2)15-9-8-12(14)10-11(15)3/h11-13H,4-10,14H2,1-3H3. The van der Waals surface area contributed by atoms with Gasteiger partial charge in [0, 0.05) is 24.7 Å². The third-order valence-corrected chi connectivity index (χ3v) is 3.80. The minimum atomic E-state index is 0.444. The monoisotopic (exact) mass is 212 g/mol. The van der Waals surface area contributed by atoms with Crippen molar-refractivity contribution in [2.24, 2.45) is 5.73 Å². The fraction of sp³-hybridized carbons (Fsp3) is 1.00. The van der Waals surface area contributed by atoms with Gasteiger partial charge in [-0.3, -0.25) is 4.90 Å². The lowest BCUT2D eigenvalue weighted by molar-refractivity contribution is 0.0869. The van der Waals surface area contributed by atoms with Gasteiger partial charge in [0.05, 0.1) is 0 Å². The minimum Gasteiger partial charge on any atom is -0.328 e. The van der Waals surface area contributed by atoms with Crippen LogP contribution < -0.4 is 5.73 Å². The van der Waals surface area contributed by atoms with Crippen LogP contribution in [0.15, 0.2) is 0 Å². The van der Waals surface area contributed by atoms with Crippen LogP contribution in [0.2, 0.25) is 0 Å². The van der Waals surface area contributed by atoms with Crippen molar-refractivity contribution in [2.45, 2.75) is 77.4 Å². The van der Waals surface area contributed by atoms with Gasteiger partial charge >= 0.3 is 0 Å². The molecule has 1 aliphatic rings. The van der Waals surface area contributed by atoms with Gasteiger partial charge in [-0.25, -0.2) is 0 Å². The van der Waals surface area contributed by atoms with Crippen LogP contribution in [-0.4, -0.2) is 29.6 Å². The van der Waals surface area contributed by atoms with Crippen LogP contribution in [0.5, 0.6) is 0 Å². The Hall–Kier alpha value is -0.0800. The molecular weight excluding hydrogens is 184 g/mol. The van der Waals surface area contributed by atoms with Gasteiger partial charge < -0.3 is 5.73 Å². The van der Waals surface area contributed by atoms with Gasteiger partial charge in [-0.1, -0.05) is 26.7 Å². The topological polar surface area (TPSA) is 29.3 Å². The molecule has 0 aromatic rings. The molecule has 3 atom stereocenters. The molecule has 90 valence electrons. The Labute approximate surface area is 95.2 Å². The summed E-state index contributed by atoms with van der Waals surface area (Å²) in [4.78, 5) is 2.69. The first kappa shape index (κ1) is 13.0. The molecule has 1 rings (SSSR count). The van der Waals surface area contributed by atoms with Crippen LogP contribution in [-0.2, 0) is 0 Å². The number of hydrogen-bond donors (Lipinski definition) is 1. The summed E-state index contributed by atoms with van der Waals surface area (Å²) in [5.74, 6) is 0. The predicted octanol–water partition coefficient (Wildman–Crippen LogP) is 2.77. The second kappa shape index (κ2) is 6.49. The highest BCUT2D eigenvalue weighted by atomic mass is 15.2. The van der Waals surface area contributed by atoms with Crippen molar-refractivity contribution < 1.29 is 0 Å². The van der Waals surface area contributed by atoms with E-state index < -0.39 is 0 Å². The summed E-state index contributed by atoms with van der Waals surface area (Å²) in [6.07, 6.45) is 7.72. The fourth-order valence-corrected chi connectivity index (χ4v) is 2.81. The van der Waals surface area contributed by atoms with Gasteiger partial charge in [0.2, 0.25) is 0 Å². The molecule has 2 N–H and O–H groups in total. The maximum absolute atomic E-state index is 6.00. The molecule has 3 unspecified atom stereocenters. The zero-order valence-electron chi connectivity index (χ0n) is 10.7. The minimum absolute atomic E-state index is 0.444. The quantitative estimate of drug-likeness (QED) is 0.759. The van der Waals surface area contributed by atoms with Crippen LogP contribution in [0.1, 0.15) is 59.3 Å². The fourth-order valence-electron chi connectivity index (χ4n) is 2.81. The number of rotatable bonds is 5. The van der Waals surface area contributed by atoms with Crippen molar-refractivity contribution in [1.82, 2.24) is 4.90 Å². The summed E-state index contributed by atoms with van der Waals surface area (Å²) in [6, 6.07) is 1.93. The SMILES string of the molecule is CCCCC(CC)N1CCC(N)CC1C. The Morgan fingerprint density at radius 2 is 2.13 bits per heavy atom. The smallest absolute Gasteiger partial charge is 0.00954 e. The molecule has 0 aromatic carbocycles. The average molecular weight is 212 g/mol. The van der Waals surface area contributed by atoms with E-state index in [0.29, 0.717) is 12.1 Å². The third-order valence-electron chi connectivity index (χ3n) is 3.80. The van der Waals surface area contributed by atoms with Crippen molar-refractivity contribution in [3.63, 3.8) is 0 Å². The summed E-state index contributed by atoms with van der Waals surface area (Å²) in [5, 5.41) is 0. The molecule has 15 heavy (non-hydrogen) atoms. The first-order valence-electron chi connectivity index (χ1n) is 6.70. The van der Waals surface area contributed by atoms with Crippen molar-refractivity contribution in [3.8, 4) is 0 Å². The second-order valence-corrected chi connectivity index (χ2v) is 5.08. The van der Waals surface area contributed by atoms with Crippen molar-refractivity contribution >= 4 is 0 Å². The van der Waals surface area contributed by atoms with E-state index in [4.69, 9.17) is 5.73 Å². The zero-order chi connectivity index (χ0) is 11.3. The maximum Gasteiger partial charge on any atom is 0.00954 e. The molecule has 1 heterocycles. The molecule has 0 radical (unpaired) electrons. The molecule has 0 bridgehead atoms. The maximum atomic E-state index is 6.00. The molecule has 2 nitrogen and oxygen atoms in total. The average Bonchev–Trinajstić information content (AvgIpc) is 2.21. The lowest BCUT2D eigenvalue weighted by Gasteiger charge is -2.41. The molecule has 0 aliphatic carbocycles. The number of hydrogen-bond acceptors (Lipinski definition) is 2. The first-order chi connectivity index (χ1) is 7.19. The highest BCUT2D eigenvalue weighted by molar-refractivity contribution is 4.84. The van der Waals surface area contributed by atoms with Gasteiger partial charge in [-0.2, -0.15) is 0 Å². The van der Waals surface area contributed by atoms with Crippen LogP contribution in [0.25, 0.3) is 0 Å². The highest BCUT2D eigenvalue weighted by Gasteiger charge is 2.27. The zero-order valence-corrected chi connectivity index (χ0v) is 10.7. The Bertz CT molecular complexity index is 170. The largest absolute Gasteiger partial charge is 0.328 e. The normalized spacial score (nSPS) is 30.4. The Kier molecular flexibility index (Phi) is 5.62. The van der Waals surface area contributed by atoms with E-state index in [1.54, 1.807) is 0 Å². The van der Waals surface area contributed by atoms with E-state index in [0.717, 1.165) is 6.04 Å². The Morgan fingerprint density at radius 3 is 2.67 bits per heavy atom. The summed E-state index contributed by atoms with van der Waals surface area (Å²) >= 11 is 0. The van der Waals surface area contributed by atoms with E-state index in [1.165, 1.54) is 45.1 Å². The van der Waals surface area contributed by atoms with Crippen LogP contribution in [0.4, 0.5) is 0 Å². The van der Waals surface area contributed by atoms with Gasteiger partial charge in [-0.05, 0) is 32.6 Å². The van der Waals surface area contributed by atoms with E-state index >= 15 is 0 Å².